The fourth-order valence-electron chi connectivity index (χ4n) is 2.42. The normalized spacial score (nSPS) is 17.4. The predicted octanol–water partition coefficient (Wildman–Crippen LogP) is 2.12. The van der Waals surface area contributed by atoms with E-state index in [1.54, 1.807) is 18.0 Å². The van der Waals surface area contributed by atoms with E-state index in [-0.39, 0.29) is 17.6 Å². The van der Waals surface area contributed by atoms with Crippen LogP contribution in [0.5, 0.6) is 0 Å². The van der Waals surface area contributed by atoms with Crippen LogP contribution in [0, 0.1) is 0 Å². The van der Waals surface area contributed by atoms with Crippen molar-refractivity contribution in [1.82, 2.24) is 5.16 Å². The number of amides is 1. The lowest BCUT2D eigenvalue weighted by atomic mass is 9.99. The van der Waals surface area contributed by atoms with Gasteiger partial charge in [-0.05, 0) is 24.6 Å². The average molecular weight is 272 g/mol. The molecule has 1 unspecified atom stereocenters. The lowest BCUT2D eigenvalue weighted by Crippen LogP contribution is -2.22. The minimum Gasteiger partial charge on any atom is -0.475 e. The van der Waals surface area contributed by atoms with Crippen molar-refractivity contribution in [3.8, 4) is 11.3 Å². The number of fused-ring (bicyclic) bond motifs is 1. The van der Waals surface area contributed by atoms with Crippen LogP contribution >= 0.6 is 0 Å². The van der Waals surface area contributed by atoms with Crippen molar-refractivity contribution < 1.29 is 19.2 Å². The molecule has 1 aliphatic rings. The highest BCUT2D eigenvalue weighted by Gasteiger charge is 2.32. The summed E-state index contributed by atoms with van der Waals surface area (Å²) in [5.41, 5.74) is 2.96. The molecule has 0 aliphatic carbocycles. The van der Waals surface area contributed by atoms with E-state index >= 15 is 0 Å². The molecule has 1 amide bonds. The van der Waals surface area contributed by atoms with Crippen LogP contribution in [0.3, 0.4) is 0 Å². The minimum atomic E-state index is -1.16. The van der Waals surface area contributed by atoms with Gasteiger partial charge in [-0.1, -0.05) is 11.2 Å². The van der Waals surface area contributed by atoms with Crippen LogP contribution in [0.2, 0.25) is 0 Å². The fourth-order valence-corrected chi connectivity index (χ4v) is 2.42. The summed E-state index contributed by atoms with van der Waals surface area (Å²) in [7, 11) is 1.74. The van der Waals surface area contributed by atoms with Crippen LogP contribution in [0.4, 0.5) is 5.69 Å². The molecule has 1 aromatic heterocycles. The molecular formula is C14H12N2O4. The predicted molar refractivity (Wildman–Crippen MR) is 70.7 cm³/mol. The molecule has 0 bridgehead atoms. The molecule has 2 heterocycles. The van der Waals surface area contributed by atoms with Crippen molar-refractivity contribution in [2.24, 2.45) is 0 Å². The van der Waals surface area contributed by atoms with Crippen molar-refractivity contribution in [3.63, 3.8) is 0 Å². The number of benzene rings is 1. The lowest BCUT2D eigenvalue weighted by Gasteiger charge is -2.09. The SMILES string of the molecule is CC1C(=O)N(C)c2ccc(-c3cc(C(=O)O)on3)cc21. The molecule has 0 saturated carbocycles. The number of rotatable bonds is 2. The second kappa shape index (κ2) is 4.19. The first-order valence-electron chi connectivity index (χ1n) is 6.11. The van der Waals surface area contributed by atoms with Crippen molar-refractivity contribution in [1.29, 1.82) is 0 Å². The minimum absolute atomic E-state index is 0.0449. The van der Waals surface area contributed by atoms with Crippen LogP contribution in [0.25, 0.3) is 11.3 Å². The Morgan fingerprint density at radius 3 is 2.80 bits per heavy atom. The summed E-state index contributed by atoms with van der Waals surface area (Å²) in [4.78, 5) is 24.3. The Bertz CT molecular complexity index is 720. The largest absolute Gasteiger partial charge is 0.475 e. The summed E-state index contributed by atoms with van der Waals surface area (Å²) in [5.74, 6) is -1.53. The average Bonchev–Trinajstić information content (AvgIpc) is 3.00. The van der Waals surface area contributed by atoms with Gasteiger partial charge in [0.1, 0.15) is 5.69 Å². The number of aromatic nitrogens is 1. The molecule has 1 aromatic carbocycles. The number of aromatic carboxylic acids is 1. The van der Waals surface area contributed by atoms with Gasteiger partial charge in [0.15, 0.2) is 0 Å². The number of carbonyl (C=O) groups is 2. The molecule has 3 rings (SSSR count). The highest BCUT2D eigenvalue weighted by atomic mass is 16.5. The van der Waals surface area contributed by atoms with Gasteiger partial charge in [0.2, 0.25) is 11.7 Å². The van der Waals surface area contributed by atoms with Crippen molar-refractivity contribution in [3.05, 3.63) is 35.6 Å². The summed E-state index contributed by atoms with van der Waals surface area (Å²) in [6.45, 7) is 1.85. The Kier molecular flexibility index (Phi) is 2.60. The van der Waals surface area contributed by atoms with Crippen LogP contribution in [-0.4, -0.2) is 29.2 Å². The quantitative estimate of drug-likeness (QED) is 0.905. The van der Waals surface area contributed by atoms with E-state index in [4.69, 9.17) is 9.63 Å². The van der Waals surface area contributed by atoms with E-state index in [2.05, 4.69) is 5.16 Å². The van der Waals surface area contributed by atoms with Crippen LogP contribution < -0.4 is 4.90 Å². The maximum Gasteiger partial charge on any atom is 0.374 e. The number of likely N-dealkylation sites (N-methyl/N-ethyl adjacent to an activating group) is 1. The third-order valence-electron chi connectivity index (χ3n) is 3.57. The van der Waals surface area contributed by atoms with Gasteiger partial charge in [-0.2, -0.15) is 0 Å². The molecule has 102 valence electrons. The topological polar surface area (TPSA) is 83.6 Å². The third kappa shape index (κ3) is 1.69. The molecule has 0 spiro atoms. The Balaban J connectivity index is 2.05. The van der Waals surface area contributed by atoms with Gasteiger partial charge in [0.25, 0.3) is 0 Å². The van der Waals surface area contributed by atoms with Crippen molar-refractivity contribution in [2.75, 3.05) is 11.9 Å². The van der Waals surface area contributed by atoms with Crippen LogP contribution in [0.1, 0.15) is 29.0 Å². The highest BCUT2D eigenvalue weighted by molar-refractivity contribution is 6.04. The first kappa shape index (κ1) is 12.4. The first-order chi connectivity index (χ1) is 9.49. The van der Waals surface area contributed by atoms with Crippen molar-refractivity contribution in [2.45, 2.75) is 12.8 Å². The van der Waals surface area contributed by atoms with Crippen LogP contribution in [-0.2, 0) is 4.79 Å². The molecule has 2 aromatic rings. The van der Waals surface area contributed by atoms with Crippen LogP contribution in [0.15, 0.2) is 28.8 Å². The van der Waals surface area contributed by atoms with Gasteiger partial charge in [0, 0.05) is 24.4 Å². The smallest absolute Gasteiger partial charge is 0.374 e. The molecule has 1 aliphatic heterocycles. The molecule has 1 atom stereocenters. The van der Waals surface area contributed by atoms with Gasteiger partial charge in [-0.15, -0.1) is 0 Å². The van der Waals surface area contributed by atoms with Gasteiger partial charge in [0.05, 0.1) is 5.92 Å². The van der Waals surface area contributed by atoms with Gasteiger partial charge in [-0.3, -0.25) is 4.79 Å². The lowest BCUT2D eigenvalue weighted by molar-refractivity contribution is -0.118. The maximum atomic E-state index is 11.9. The molecule has 6 nitrogen and oxygen atoms in total. The second-order valence-corrected chi connectivity index (χ2v) is 4.77. The molecule has 0 saturated heterocycles. The summed E-state index contributed by atoms with van der Waals surface area (Å²) >= 11 is 0. The molecule has 1 N–H and O–H groups in total. The fraction of sp³-hybridized carbons (Fsp3) is 0.214. The first-order valence-corrected chi connectivity index (χ1v) is 6.11. The molecule has 0 fully saturated rings. The van der Waals surface area contributed by atoms with Gasteiger partial charge < -0.3 is 14.5 Å². The van der Waals surface area contributed by atoms with E-state index in [1.165, 1.54) is 6.07 Å². The zero-order valence-corrected chi connectivity index (χ0v) is 11.0. The number of hydrogen-bond donors (Lipinski definition) is 1. The van der Waals surface area contributed by atoms with E-state index in [9.17, 15) is 9.59 Å². The summed E-state index contributed by atoms with van der Waals surface area (Å²) in [5, 5.41) is 12.6. The van der Waals surface area contributed by atoms with E-state index < -0.39 is 5.97 Å². The zero-order valence-electron chi connectivity index (χ0n) is 11.0. The Hall–Kier alpha value is -2.63. The third-order valence-corrected chi connectivity index (χ3v) is 3.57. The second-order valence-electron chi connectivity index (χ2n) is 4.77. The number of carbonyl (C=O) groups excluding carboxylic acids is 1. The zero-order chi connectivity index (χ0) is 14.4. The standard InChI is InChI=1S/C14H12N2O4/c1-7-9-5-8(3-4-11(9)16(2)13(7)17)10-6-12(14(18)19)20-15-10/h3-7H,1-2H3,(H,18,19). The number of carboxylic acid groups (broad SMARTS) is 1. The Morgan fingerprint density at radius 1 is 1.40 bits per heavy atom. The monoisotopic (exact) mass is 272 g/mol. The number of nitrogens with zero attached hydrogens (tertiary/aromatic N) is 2. The summed E-state index contributed by atoms with van der Waals surface area (Å²) in [6.07, 6.45) is 0. The maximum absolute atomic E-state index is 11.9. The number of carboxylic acids is 1. The van der Waals surface area contributed by atoms with Gasteiger partial charge in [-0.25, -0.2) is 4.79 Å². The molecule has 0 radical (unpaired) electrons. The van der Waals surface area contributed by atoms with E-state index in [0.717, 1.165) is 16.8 Å². The molecule has 20 heavy (non-hydrogen) atoms. The van der Waals surface area contributed by atoms with E-state index in [0.29, 0.717) is 5.69 Å². The van der Waals surface area contributed by atoms with Crippen molar-refractivity contribution >= 4 is 17.6 Å². The van der Waals surface area contributed by atoms with Gasteiger partial charge >= 0.3 is 5.97 Å². The summed E-state index contributed by atoms with van der Waals surface area (Å²) < 4.78 is 4.74. The summed E-state index contributed by atoms with van der Waals surface area (Å²) in [6, 6.07) is 6.85. The Morgan fingerprint density at radius 2 is 2.15 bits per heavy atom. The number of hydrogen-bond acceptors (Lipinski definition) is 4. The number of anilines is 1. The molecule has 6 heteroatoms. The van der Waals surface area contributed by atoms with E-state index in [1.807, 2.05) is 19.1 Å². The Labute approximate surface area is 114 Å². The molecular weight excluding hydrogens is 260 g/mol. The highest BCUT2D eigenvalue weighted by Crippen LogP contribution is 2.38.